The monoisotopic (exact) mass is 231 g/mol. The summed E-state index contributed by atoms with van der Waals surface area (Å²) in [4.78, 5) is 0. The maximum absolute atomic E-state index is 3.61. The normalized spacial score (nSPS) is 16.2. The van der Waals surface area contributed by atoms with Gasteiger partial charge >= 0.3 is 0 Å². The predicted molar refractivity (Wildman–Crippen MR) is 74.3 cm³/mol. The second-order valence-electron chi connectivity index (χ2n) is 6.31. The topological polar surface area (TPSA) is 12.0 Å². The van der Waals surface area contributed by atoms with E-state index in [1.54, 1.807) is 0 Å². The minimum atomic E-state index is 0.398. The van der Waals surface area contributed by atoms with Crippen LogP contribution in [-0.4, -0.2) is 12.6 Å². The van der Waals surface area contributed by atoms with Crippen LogP contribution in [0.3, 0.4) is 0 Å². The van der Waals surface area contributed by atoms with E-state index < -0.39 is 0 Å². The molecule has 0 radical (unpaired) electrons. The van der Waals surface area contributed by atoms with Gasteiger partial charge in [0.15, 0.2) is 0 Å². The molecule has 2 rings (SSSR count). The van der Waals surface area contributed by atoms with Crippen LogP contribution in [0.15, 0.2) is 24.3 Å². The van der Waals surface area contributed by atoms with Gasteiger partial charge in [-0.25, -0.2) is 0 Å². The van der Waals surface area contributed by atoms with E-state index in [0.29, 0.717) is 5.41 Å². The molecule has 0 aliphatic heterocycles. The lowest BCUT2D eigenvalue weighted by molar-refractivity contribution is 0.325. The van der Waals surface area contributed by atoms with E-state index in [2.05, 4.69) is 50.4 Å². The Morgan fingerprint density at radius 1 is 1.29 bits per heavy atom. The van der Waals surface area contributed by atoms with E-state index in [1.807, 2.05) is 0 Å². The number of hydrogen-bond donors (Lipinski definition) is 1. The minimum absolute atomic E-state index is 0.398. The Bertz CT molecular complexity index is 364. The van der Waals surface area contributed by atoms with Crippen LogP contribution >= 0.6 is 0 Å². The van der Waals surface area contributed by atoms with Crippen molar-refractivity contribution in [3.05, 3.63) is 35.4 Å². The van der Waals surface area contributed by atoms with Gasteiger partial charge < -0.3 is 5.32 Å². The molecule has 1 nitrogen and oxygen atoms in total. The van der Waals surface area contributed by atoms with Crippen molar-refractivity contribution in [2.45, 2.75) is 52.5 Å². The van der Waals surface area contributed by atoms with Gasteiger partial charge in [0.05, 0.1) is 0 Å². The standard InChI is InChI=1S/C16H25N/c1-13-5-4-6-14(11-13)12-16(2,3)9-10-17-15-7-8-15/h4-6,11,15,17H,7-10,12H2,1-3H3. The maximum Gasteiger partial charge on any atom is 0.00682 e. The first kappa shape index (κ1) is 12.6. The molecule has 1 fully saturated rings. The average Bonchev–Trinajstić information content (AvgIpc) is 3.00. The molecule has 1 aliphatic rings. The van der Waals surface area contributed by atoms with Crippen LogP contribution in [0.25, 0.3) is 0 Å². The van der Waals surface area contributed by atoms with Gasteiger partial charge in [0, 0.05) is 6.04 Å². The Morgan fingerprint density at radius 2 is 2.06 bits per heavy atom. The van der Waals surface area contributed by atoms with E-state index in [1.165, 1.54) is 43.4 Å². The Labute approximate surface area is 106 Å². The molecule has 0 spiro atoms. The van der Waals surface area contributed by atoms with Crippen LogP contribution in [0.5, 0.6) is 0 Å². The van der Waals surface area contributed by atoms with Crippen molar-refractivity contribution < 1.29 is 0 Å². The molecule has 0 aromatic heterocycles. The molecule has 17 heavy (non-hydrogen) atoms. The minimum Gasteiger partial charge on any atom is -0.314 e. The quantitative estimate of drug-likeness (QED) is 0.787. The van der Waals surface area contributed by atoms with Crippen LogP contribution in [0.4, 0.5) is 0 Å². The van der Waals surface area contributed by atoms with E-state index in [0.717, 1.165) is 6.04 Å². The Kier molecular flexibility index (Phi) is 3.88. The van der Waals surface area contributed by atoms with Crippen LogP contribution in [0.2, 0.25) is 0 Å². The maximum atomic E-state index is 3.61. The summed E-state index contributed by atoms with van der Waals surface area (Å²) in [5.74, 6) is 0. The lowest BCUT2D eigenvalue weighted by Crippen LogP contribution is -2.25. The molecule has 0 bridgehead atoms. The Morgan fingerprint density at radius 3 is 2.71 bits per heavy atom. The molecule has 0 unspecified atom stereocenters. The van der Waals surface area contributed by atoms with E-state index in [-0.39, 0.29) is 0 Å². The zero-order valence-electron chi connectivity index (χ0n) is 11.4. The van der Waals surface area contributed by atoms with E-state index in [4.69, 9.17) is 0 Å². The largest absolute Gasteiger partial charge is 0.314 e. The van der Waals surface area contributed by atoms with Gasteiger partial charge in [-0.2, -0.15) is 0 Å². The first-order valence-electron chi connectivity index (χ1n) is 6.84. The van der Waals surface area contributed by atoms with Crippen LogP contribution in [0.1, 0.15) is 44.2 Å². The highest BCUT2D eigenvalue weighted by molar-refractivity contribution is 5.23. The predicted octanol–water partition coefficient (Wildman–Crippen LogP) is 3.71. The second-order valence-corrected chi connectivity index (χ2v) is 6.31. The van der Waals surface area contributed by atoms with Gasteiger partial charge in [-0.1, -0.05) is 43.7 Å². The highest BCUT2D eigenvalue weighted by atomic mass is 14.9. The van der Waals surface area contributed by atoms with Crippen molar-refractivity contribution in [1.29, 1.82) is 0 Å². The molecule has 0 amide bonds. The average molecular weight is 231 g/mol. The fraction of sp³-hybridized carbons (Fsp3) is 0.625. The highest BCUT2D eigenvalue weighted by Gasteiger charge is 2.23. The number of rotatable bonds is 6. The third-order valence-corrected chi connectivity index (χ3v) is 3.58. The van der Waals surface area contributed by atoms with Crippen LogP contribution in [0, 0.1) is 12.3 Å². The first-order chi connectivity index (χ1) is 8.05. The van der Waals surface area contributed by atoms with Gasteiger partial charge in [0.2, 0.25) is 0 Å². The van der Waals surface area contributed by atoms with Crippen molar-refractivity contribution in [2.75, 3.05) is 6.54 Å². The van der Waals surface area contributed by atoms with Gasteiger partial charge in [-0.3, -0.25) is 0 Å². The number of aryl methyl sites for hydroxylation is 1. The lowest BCUT2D eigenvalue weighted by atomic mass is 9.82. The number of nitrogens with one attached hydrogen (secondary N) is 1. The third kappa shape index (κ3) is 4.51. The molecule has 1 heteroatoms. The molecule has 94 valence electrons. The third-order valence-electron chi connectivity index (χ3n) is 3.58. The molecule has 0 saturated heterocycles. The summed E-state index contributed by atoms with van der Waals surface area (Å²) in [6.45, 7) is 8.10. The summed E-state index contributed by atoms with van der Waals surface area (Å²) in [6, 6.07) is 9.75. The van der Waals surface area contributed by atoms with Crippen molar-refractivity contribution in [3.63, 3.8) is 0 Å². The van der Waals surface area contributed by atoms with Crippen LogP contribution in [-0.2, 0) is 6.42 Å². The molecular weight excluding hydrogens is 206 g/mol. The zero-order valence-corrected chi connectivity index (χ0v) is 11.4. The smallest absolute Gasteiger partial charge is 0.00682 e. The van der Waals surface area contributed by atoms with E-state index in [9.17, 15) is 0 Å². The van der Waals surface area contributed by atoms with Crippen molar-refractivity contribution in [3.8, 4) is 0 Å². The van der Waals surface area contributed by atoms with Crippen molar-refractivity contribution >= 4 is 0 Å². The van der Waals surface area contributed by atoms with Crippen molar-refractivity contribution in [2.24, 2.45) is 5.41 Å². The van der Waals surface area contributed by atoms with Gasteiger partial charge in [0.25, 0.3) is 0 Å². The summed E-state index contributed by atoms with van der Waals surface area (Å²) in [7, 11) is 0. The van der Waals surface area contributed by atoms with Gasteiger partial charge in [0.1, 0.15) is 0 Å². The number of benzene rings is 1. The molecule has 0 heterocycles. The summed E-state index contributed by atoms with van der Waals surface area (Å²) in [6.07, 6.45) is 5.22. The van der Waals surface area contributed by atoms with Gasteiger partial charge in [-0.15, -0.1) is 0 Å². The van der Waals surface area contributed by atoms with Gasteiger partial charge in [-0.05, 0) is 50.1 Å². The molecule has 1 aromatic rings. The molecular formula is C16H25N. The molecule has 1 saturated carbocycles. The first-order valence-corrected chi connectivity index (χ1v) is 6.84. The summed E-state index contributed by atoms with van der Waals surface area (Å²) >= 11 is 0. The summed E-state index contributed by atoms with van der Waals surface area (Å²) < 4.78 is 0. The molecule has 1 aliphatic carbocycles. The van der Waals surface area contributed by atoms with Crippen molar-refractivity contribution in [1.82, 2.24) is 5.32 Å². The molecule has 1 N–H and O–H groups in total. The van der Waals surface area contributed by atoms with Crippen LogP contribution < -0.4 is 5.32 Å². The summed E-state index contributed by atoms with van der Waals surface area (Å²) in [5.41, 5.74) is 3.24. The highest BCUT2D eigenvalue weighted by Crippen LogP contribution is 2.27. The second kappa shape index (κ2) is 5.22. The lowest BCUT2D eigenvalue weighted by Gasteiger charge is -2.25. The summed E-state index contributed by atoms with van der Waals surface area (Å²) in [5, 5.41) is 3.61. The fourth-order valence-electron chi connectivity index (χ4n) is 2.37. The fourth-order valence-corrected chi connectivity index (χ4v) is 2.37. The molecule has 1 aromatic carbocycles. The molecule has 0 atom stereocenters. The Hall–Kier alpha value is -0.820. The zero-order chi connectivity index (χ0) is 12.3. The number of hydrogen-bond acceptors (Lipinski definition) is 1. The van der Waals surface area contributed by atoms with E-state index >= 15 is 0 Å². The Balaban J connectivity index is 1.82. The SMILES string of the molecule is Cc1cccc(CC(C)(C)CCNC2CC2)c1.